The molecule has 27 heavy (non-hydrogen) atoms. The van der Waals surface area contributed by atoms with Crippen LogP contribution in [0.2, 0.25) is 0 Å². The monoisotopic (exact) mass is 443 g/mol. The lowest BCUT2D eigenvalue weighted by Gasteiger charge is -2.24. The number of aromatic hydroxyl groups is 1. The second-order valence-corrected chi connectivity index (χ2v) is 8.36. The Morgan fingerprint density at radius 1 is 1.07 bits per heavy atom. The number of nitrogens with one attached hydrogen (secondary N) is 1. The van der Waals surface area contributed by atoms with Crippen LogP contribution in [0.3, 0.4) is 0 Å². The van der Waals surface area contributed by atoms with E-state index in [4.69, 9.17) is 0 Å². The lowest BCUT2D eigenvalue weighted by atomic mass is 9.84. The molecular weight excluding hydrogens is 423 g/mol. The fourth-order valence-electron chi connectivity index (χ4n) is 2.77. The van der Waals surface area contributed by atoms with Gasteiger partial charge in [-0.2, -0.15) is 13.2 Å². The number of alkyl halides is 3. The van der Waals surface area contributed by atoms with Crippen LogP contribution in [-0.2, 0) is 11.6 Å². The summed E-state index contributed by atoms with van der Waals surface area (Å²) in [5, 5.41) is 13.0. The van der Waals surface area contributed by atoms with Crippen molar-refractivity contribution in [2.45, 2.75) is 46.2 Å². The minimum absolute atomic E-state index is 0.0528. The summed E-state index contributed by atoms with van der Waals surface area (Å²) in [5.41, 5.74) is -0.409. The van der Waals surface area contributed by atoms with Gasteiger partial charge in [0.15, 0.2) is 0 Å². The fraction of sp³-hybridized carbons (Fsp3) is 0.350. The van der Waals surface area contributed by atoms with Crippen LogP contribution in [0.4, 0.5) is 18.9 Å². The number of halogens is 4. The van der Waals surface area contributed by atoms with Crippen LogP contribution in [0.1, 0.15) is 53.4 Å². The third kappa shape index (κ3) is 4.46. The van der Waals surface area contributed by atoms with Crippen molar-refractivity contribution in [2.75, 3.05) is 5.32 Å². The largest absolute Gasteiger partial charge is 0.507 e. The van der Waals surface area contributed by atoms with E-state index in [1.54, 1.807) is 19.9 Å². The summed E-state index contributed by atoms with van der Waals surface area (Å²) in [4.78, 5) is 12.8. The summed E-state index contributed by atoms with van der Waals surface area (Å²) in [6.45, 7) is 8.76. The van der Waals surface area contributed by atoms with Gasteiger partial charge in [0.1, 0.15) is 5.75 Å². The molecular formula is C20H21BrF3NO2. The van der Waals surface area contributed by atoms with Gasteiger partial charge < -0.3 is 10.4 Å². The Morgan fingerprint density at radius 3 is 2.19 bits per heavy atom. The number of amides is 1. The van der Waals surface area contributed by atoms with Crippen molar-refractivity contribution >= 4 is 27.5 Å². The highest BCUT2D eigenvalue weighted by Crippen LogP contribution is 2.40. The first-order chi connectivity index (χ1) is 12.2. The fourth-order valence-corrected chi connectivity index (χ4v) is 3.20. The molecule has 0 unspecified atom stereocenters. The number of hydrogen-bond acceptors (Lipinski definition) is 2. The first kappa shape index (κ1) is 21.3. The average Bonchev–Trinajstić information content (AvgIpc) is 2.50. The zero-order chi connectivity index (χ0) is 20.7. The maximum absolute atomic E-state index is 13.3. The van der Waals surface area contributed by atoms with Crippen molar-refractivity contribution in [3.05, 3.63) is 56.6 Å². The molecule has 3 nitrogen and oxygen atoms in total. The summed E-state index contributed by atoms with van der Waals surface area (Å²) >= 11 is 3.36. The van der Waals surface area contributed by atoms with E-state index in [1.165, 1.54) is 12.1 Å². The number of anilines is 1. The lowest BCUT2D eigenvalue weighted by Crippen LogP contribution is -2.20. The second-order valence-electron chi connectivity index (χ2n) is 7.51. The van der Waals surface area contributed by atoms with Crippen molar-refractivity contribution in [3.8, 4) is 5.75 Å². The summed E-state index contributed by atoms with van der Waals surface area (Å²) < 4.78 is 40.5. The first-order valence-corrected chi connectivity index (χ1v) is 9.04. The summed E-state index contributed by atoms with van der Waals surface area (Å²) in [6.07, 6.45) is -4.61. The van der Waals surface area contributed by atoms with Gasteiger partial charge in [0.05, 0.1) is 16.8 Å². The van der Waals surface area contributed by atoms with Crippen molar-refractivity contribution < 1.29 is 23.1 Å². The predicted octanol–water partition coefficient (Wildman–Crippen LogP) is 6.34. The maximum atomic E-state index is 13.3. The van der Waals surface area contributed by atoms with Crippen molar-refractivity contribution in [1.82, 2.24) is 0 Å². The minimum atomic E-state index is -4.61. The quantitative estimate of drug-likeness (QED) is 0.568. The van der Waals surface area contributed by atoms with E-state index in [9.17, 15) is 23.1 Å². The highest BCUT2D eigenvalue weighted by Gasteiger charge is 2.34. The van der Waals surface area contributed by atoms with Crippen LogP contribution < -0.4 is 5.32 Å². The van der Waals surface area contributed by atoms with Crippen LogP contribution >= 0.6 is 15.9 Å². The van der Waals surface area contributed by atoms with E-state index in [1.807, 2.05) is 20.8 Å². The van der Waals surface area contributed by atoms with Crippen LogP contribution in [0.25, 0.3) is 0 Å². The van der Waals surface area contributed by atoms with Crippen LogP contribution in [0.15, 0.2) is 28.7 Å². The highest BCUT2D eigenvalue weighted by atomic mass is 79.9. The Hall–Kier alpha value is -2.02. The molecule has 2 aromatic carbocycles. The molecule has 2 rings (SSSR count). The molecule has 0 fully saturated rings. The molecule has 0 saturated heterocycles. The van der Waals surface area contributed by atoms with Gasteiger partial charge >= 0.3 is 6.18 Å². The zero-order valence-corrected chi connectivity index (χ0v) is 17.3. The molecule has 7 heteroatoms. The molecule has 0 radical (unpaired) electrons. The number of aryl methyl sites for hydroxylation is 1. The van der Waals surface area contributed by atoms with Crippen molar-refractivity contribution in [3.63, 3.8) is 0 Å². The van der Waals surface area contributed by atoms with Crippen LogP contribution in [-0.4, -0.2) is 11.0 Å². The second kappa shape index (κ2) is 7.19. The van der Waals surface area contributed by atoms with Gasteiger partial charge in [-0.3, -0.25) is 4.79 Å². The van der Waals surface area contributed by atoms with Gasteiger partial charge in [-0.05, 0) is 43.0 Å². The zero-order valence-electron chi connectivity index (χ0n) is 15.7. The molecule has 2 N–H and O–H groups in total. The van der Waals surface area contributed by atoms with Crippen LogP contribution in [0, 0.1) is 13.8 Å². The lowest BCUT2D eigenvalue weighted by molar-refractivity contribution is -0.136. The Bertz CT molecular complexity index is 900. The number of carbonyl (C=O) groups is 1. The van der Waals surface area contributed by atoms with E-state index in [2.05, 4.69) is 21.2 Å². The topological polar surface area (TPSA) is 49.3 Å². The Kier molecular flexibility index (Phi) is 5.66. The maximum Gasteiger partial charge on any atom is 0.418 e. The van der Waals surface area contributed by atoms with E-state index in [0.717, 1.165) is 6.07 Å². The summed E-state index contributed by atoms with van der Waals surface area (Å²) in [7, 11) is 0. The smallest absolute Gasteiger partial charge is 0.418 e. The van der Waals surface area contributed by atoms with E-state index in [-0.39, 0.29) is 17.0 Å². The molecule has 0 aliphatic rings. The Balaban J connectivity index is 2.57. The molecule has 146 valence electrons. The highest BCUT2D eigenvalue weighted by molar-refractivity contribution is 9.10. The number of carbonyl (C=O) groups excluding carboxylic acids is 1. The third-order valence-corrected chi connectivity index (χ3v) is 5.08. The third-order valence-electron chi connectivity index (χ3n) is 4.26. The average molecular weight is 444 g/mol. The molecule has 0 spiro atoms. The molecule has 0 heterocycles. The van der Waals surface area contributed by atoms with Gasteiger partial charge in [-0.1, -0.05) is 48.3 Å². The molecule has 0 aromatic heterocycles. The molecule has 0 aliphatic heterocycles. The normalized spacial score (nSPS) is 12.2. The molecule has 0 aliphatic carbocycles. The number of phenols is 1. The van der Waals surface area contributed by atoms with Gasteiger partial charge in [0.2, 0.25) is 0 Å². The number of hydrogen-bond donors (Lipinski definition) is 2. The molecule has 0 saturated carbocycles. The van der Waals surface area contributed by atoms with E-state index >= 15 is 0 Å². The van der Waals surface area contributed by atoms with Gasteiger partial charge in [-0.25, -0.2) is 0 Å². The van der Waals surface area contributed by atoms with Crippen LogP contribution in [0.5, 0.6) is 5.75 Å². The number of rotatable bonds is 2. The Morgan fingerprint density at radius 2 is 1.67 bits per heavy atom. The minimum Gasteiger partial charge on any atom is -0.507 e. The standard InChI is InChI=1S/C20H21BrF3NO2/c1-10-6-7-15(12(8-10)20(22,23)24)25-18(27)16-11(2)14(21)9-13(17(16)26)19(3,4)5/h6-9,26H,1-5H3,(H,25,27). The van der Waals surface area contributed by atoms with Gasteiger partial charge in [-0.15, -0.1) is 0 Å². The van der Waals surface area contributed by atoms with Crippen molar-refractivity contribution in [2.24, 2.45) is 0 Å². The predicted molar refractivity (Wildman–Crippen MR) is 103 cm³/mol. The summed E-state index contributed by atoms with van der Waals surface area (Å²) in [5.74, 6) is -1.03. The SMILES string of the molecule is Cc1ccc(NC(=O)c2c(C)c(Br)cc(C(C)(C)C)c2O)c(C(F)(F)F)c1. The van der Waals surface area contributed by atoms with E-state index in [0.29, 0.717) is 21.2 Å². The number of phenolic OH excluding ortho intramolecular Hbond substituents is 1. The first-order valence-electron chi connectivity index (χ1n) is 8.25. The van der Waals surface area contributed by atoms with Crippen molar-refractivity contribution in [1.29, 1.82) is 0 Å². The van der Waals surface area contributed by atoms with E-state index < -0.39 is 23.1 Å². The number of benzene rings is 2. The van der Waals surface area contributed by atoms with Gasteiger partial charge in [0.25, 0.3) is 5.91 Å². The Labute approximate surface area is 164 Å². The summed E-state index contributed by atoms with van der Waals surface area (Å²) in [6, 6.07) is 5.39. The molecule has 2 aromatic rings. The van der Waals surface area contributed by atoms with Gasteiger partial charge in [0, 0.05) is 10.0 Å². The molecule has 0 atom stereocenters. The molecule has 1 amide bonds. The molecule has 0 bridgehead atoms.